The second-order valence-electron chi connectivity index (χ2n) is 6.61. The summed E-state index contributed by atoms with van der Waals surface area (Å²) < 4.78 is 0. The van der Waals surface area contributed by atoms with Gasteiger partial charge in [0.15, 0.2) is 0 Å². The Bertz CT molecular complexity index is 955. The maximum Gasteiger partial charge on any atom is 0.247 e. The number of amides is 1. The summed E-state index contributed by atoms with van der Waals surface area (Å²) >= 11 is 0. The van der Waals surface area contributed by atoms with Crippen LogP contribution in [0.4, 0.5) is 17.3 Å². The molecule has 1 saturated carbocycles. The Morgan fingerprint density at radius 3 is 2.81 bits per heavy atom. The molecule has 7 heteroatoms. The van der Waals surface area contributed by atoms with Gasteiger partial charge in [-0.25, -0.2) is 9.97 Å². The average Bonchev–Trinajstić information content (AvgIpc) is 3.46. The van der Waals surface area contributed by atoms with Crippen molar-refractivity contribution in [2.75, 3.05) is 16.8 Å². The lowest BCUT2D eigenvalue weighted by molar-refractivity contribution is -0.123. The SMILES string of the molecule is N#Cc1cccc(Nc2cc(N3CC[C@@](C#N)(C4CC4)C3=O)ccn2)n1. The highest BCUT2D eigenvalue weighted by atomic mass is 16.2. The lowest BCUT2D eigenvalue weighted by atomic mass is 9.83. The van der Waals surface area contributed by atoms with Gasteiger partial charge in [0.05, 0.1) is 6.07 Å². The predicted molar refractivity (Wildman–Crippen MR) is 94.2 cm³/mol. The number of nitrogens with zero attached hydrogens (tertiary/aromatic N) is 5. The van der Waals surface area contributed by atoms with Gasteiger partial charge in [-0.15, -0.1) is 0 Å². The molecule has 1 saturated heterocycles. The third-order valence-corrected chi connectivity index (χ3v) is 5.01. The highest BCUT2D eigenvalue weighted by Gasteiger charge is 2.56. The Kier molecular flexibility index (Phi) is 3.78. The minimum absolute atomic E-state index is 0.107. The fraction of sp³-hybridized carbons (Fsp3) is 0.316. The molecule has 2 aromatic heterocycles. The molecule has 0 bridgehead atoms. The van der Waals surface area contributed by atoms with Crippen molar-refractivity contribution in [2.24, 2.45) is 11.3 Å². The Morgan fingerprint density at radius 2 is 2.08 bits per heavy atom. The minimum atomic E-state index is -0.862. The summed E-state index contributed by atoms with van der Waals surface area (Å²) in [6, 6.07) is 12.9. The highest BCUT2D eigenvalue weighted by molar-refractivity contribution is 6.02. The van der Waals surface area contributed by atoms with Crippen molar-refractivity contribution < 1.29 is 4.79 Å². The van der Waals surface area contributed by atoms with Crippen LogP contribution in [0.25, 0.3) is 0 Å². The van der Waals surface area contributed by atoms with E-state index in [1.54, 1.807) is 41.4 Å². The first kappa shape index (κ1) is 16.0. The molecule has 26 heavy (non-hydrogen) atoms. The molecule has 1 aliphatic heterocycles. The number of nitrogens with one attached hydrogen (secondary N) is 1. The zero-order valence-corrected chi connectivity index (χ0v) is 14.0. The van der Waals surface area contributed by atoms with Crippen LogP contribution in [0, 0.1) is 34.0 Å². The largest absolute Gasteiger partial charge is 0.325 e. The van der Waals surface area contributed by atoms with Crippen molar-refractivity contribution >= 4 is 23.2 Å². The van der Waals surface area contributed by atoms with Crippen LogP contribution in [0.3, 0.4) is 0 Å². The molecule has 2 aromatic rings. The van der Waals surface area contributed by atoms with Crippen molar-refractivity contribution in [3.63, 3.8) is 0 Å². The zero-order valence-electron chi connectivity index (χ0n) is 14.0. The van der Waals surface area contributed by atoms with E-state index in [1.807, 2.05) is 6.07 Å². The number of aromatic nitrogens is 2. The van der Waals surface area contributed by atoms with Gasteiger partial charge in [0, 0.05) is 24.5 Å². The quantitative estimate of drug-likeness (QED) is 0.914. The summed E-state index contributed by atoms with van der Waals surface area (Å²) in [5, 5.41) is 21.6. The van der Waals surface area contributed by atoms with Gasteiger partial charge in [-0.1, -0.05) is 6.07 Å². The van der Waals surface area contributed by atoms with Gasteiger partial charge in [-0.05, 0) is 43.4 Å². The minimum Gasteiger partial charge on any atom is -0.325 e. The number of hydrogen-bond donors (Lipinski definition) is 1. The number of carbonyl (C=O) groups excluding carboxylic acids is 1. The van der Waals surface area contributed by atoms with Crippen LogP contribution >= 0.6 is 0 Å². The molecule has 0 radical (unpaired) electrons. The van der Waals surface area contributed by atoms with E-state index in [9.17, 15) is 10.1 Å². The van der Waals surface area contributed by atoms with Crippen molar-refractivity contribution in [1.29, 1.82) is 10.5 Å². The summed E-state index contributed by atoms with van der Waals surface area (Å²) in [4.78, 5) is 23.0. The van der Waals surface area contributed by atoms with Crippen molar-refractivity contribution in [1.82, 2.24) is 9.97 Å². The Hall–Kier alpha value is -3.45. The number of carbonyl (C=O) groups is 1. The number of nitriles is 2. The van der Waals surface area contributed by atoms with Gasteiger partial charge >= 0.3 is 0 Å². The molecule has 0 spiro atoms. The van der Waals surface area contributed by atoms with E-state index < -0.39 is 5.41 Å². The van der Waals surface area contributed by atoms with Gasteiger partial charge in [0.2, 0.25) is 5.91 Å². The molecule has 2 aliphatic rings. The second-order valence-corrected chi connectivity index (χ2v) is 6.61. The molecule has 7 nitrogen and oxygen atoms in total. The number of anilines is 3. The van der Waals surface area contributed by atoms with Crippen molar-refractivity contribution in [3.8, 4) is 12.1 Å². The van der Waals surface area contributed by atoms with E-state index in [1.165, 1.54) is 0 Å². The summed E-state index contributed by atoms with van der Waals surface area (Å²) in [5.41, 5.74) is 0.158. The maximum atomic E-state index is 12.9. The number of rotatable bonds is 4. The number of pyridine rings is 2. The molecule has 0 aromatic carbocycles. The van der Waals surface area contributed by atoms with Crippen molar-refractivity contribution in [3.05, 3.63) is 42.2 Å². The lowest BCUT2D eigenvalue weighted by Crippen LogP contribution is -2.35. The van der Waals surface area contributed by atoms with Crippen LogP contribution in [0.5, 0.6) is 0 Å². The predicted octanol–water partition coefficient (Wildman–Crippen LogP) is 2.75. The molecule has 4 rings (SSSR count). The van der Waals surface area contributed by atoms with E-state index in [0.717, 1.165) is 12.8 Å². The topological polar surface area (TPSA) is 106 Å². The number of hydrogen-bond acceptors (Lipinski definition) is 6. The molecule has 1 atom stereocenters. The molecule has 1 aliphatic carbocycles. The summed E-state index contributed by atoms with van der Waals surface area (Å²) in [6.07, 6.45) is 4.10. The van der Waals surface area contributed by atoms with Crippen LogP contribution in [0.1, 0.15) is 25.0 Å². The molecule has 1 amide bonds. The zero-order chi connectivity index (χ0) is 18.1. The fourth-order valence-corrected chi connectivity index (χ4v) is 3.49. The summed E-state index contributed by atoms with van der Waals surface area (Å²) in [7, 11) is 0. The van der Waals surface area contributed by atoms with E-state index in [-0.39, 0.29) is 11.8 Å². The maximum absolute atomic E-state index is 12.9. The first-order valence-corrected chi connectivity index (χ1v) is 8.50. The molecule has 3 heterocycles. The van der Waals surface area contributed by atoms with E-state index in [2.05, 4.69) is 21.4 Å². The van der Waals surface area contributed by atoms with Crippen LogP contribution in [0.15, 0.2) is 36.5 Å². The molecule has 2 fully saturated rings. The Labute approximate surface area is 150 Å². The van der Waals surface area contributed by atoms with Gasteiger partial charge in [-0.2, -0.15) is 10.5 Å². The third-order valence-electron chi connectivity index (χ3n) is 5.01. The van der Waals surface area contributed by atoms with Gasteiger partial charge in [0.25, 0.3) is 0 Å². The molecule has 1 N–H and O–H groups in total. The van der Waals surface area contributed by atoms with Crippen LogP contribution in [-0.4, -0.2) is 22.4 Å². The van der Waals surface area contributed by atoms with E-state index in [4.69, 9.17) is 5.26 Å². The van der Waals surface area contributed by atoms with Gasteiger partial charge < -0.3 is 10.2 Å². The van der Waals surface area contributed by atoms with Crippen LogP contribution in [0.2, 0.25) is 0 Å². The lowest BCUT2D eigenvalue weighted by Gasteiger charge is -2.21. The normalized spacial score (nSPS) is 21.9. The molecule has 0 unspecified atom stereocenters. The molecular formula is C19H16N6O. The third kappa shape index (κ3) is 2.64. The Morgan fingerprint density at radius 1 is 1.23 bits per heavy atom. The Balaban J connectivity index is 1.58. The summed E-state index contributed by atoms with van der Waals surface area (Å²) in [6.45, 7) is 0.536. The smallest absolute Gasteiger partial charge is 0.247 e. The van der Waals surface area contributed by atoms with E-state index in [0.29, 0.717) is 36.0 Å². The monoisotopic (exact) mass is 344 g/mol. The molecular weight excluding hydrogens is 328 g/mol. The van der Waals surface area contributed by atoms with Crippen molar-refractivity contribution in [2.45, 2.75) is 19.3 Å². The average molecular weight is 344 g/mol. The van der Waals surface area contributed by atoms with Crippen LogP contribution < -0.4 is 10.2 Å². The standard InChI is InChI=1S/C19H16N6O/c20-11-14-2-1-3-16(23-14)24-17-10-15(6-8-22-17)25-9-7-19(12-21,18(25)26)13-4-5-13/h1-3,6,8,10,13H,4-5,7,9H2,(H,22,23,24)/t19-/m1/s1. The summed E-state index contributed by atoms with van der Waals surface area (Å²) in [5.74, 6) is 1.12. The second kappa shape index (κ2) is 6.12. The highest BCUT2D eigenvalue weighted by Crippen LogP contribution is 2.51. The van der Waals surface area contributed by atoms with E-state index >= 15 is 0 Å². The fourth-order valence-electron chi connectivity index (χ4n) is 3.49. The van der Waals surface area contributed by atoms with Crippen LogP contribution in [-0.2, 0) is 4.79 Å². The van der Waals surface area contributed by atoms with Gasteiger partial charge in [0.1, 0.15) is 28.8 Å². The molecule has 128 valence electrons. The first-order valence-electron chi connectivity index (χ1n) is 8.50. The van der Waals surface area contributed by atoms with Gasteiger partial charge in [-0.3, -0.25) is 4.79 Å². The first-order chi connectivity index (χ1) is 12.7.